The molecule has 164 valence electrons. The summed E-state index contributed by atoms with van der Waals surface area (Å²) < 4.78 is 28.1. The average molecular weight is 432 g/mol. The summed E-state index contributed by atoms with van der Waals surface area (Å²) in [6.07, 6.45) is 1.67. The lowest BCUT2D eigenvalue weighted by Gasteiger charge is -2.12. The number of Topliss-reactive ketones (excluding diaryl/α,β-unsaturated/α-hetero) is 1. The summed E-state index contributed by atoms with van der Waals surface area (Å²) in [5.41, 5.74) is 2.94. The molecule has 0 fully saturated rings. The maximum atomic E-state index is 13.0. The third-order valence-electron chi connectivity index (χ3n) is 5.26. The van der Waals surface area contributed by atoms with Gasteiger partial charge in [0.25, 0.3) is 0 Å². The molecule has 1 heterocycles. The lowest BCUT2D eigenvalue weighted by atomic mass is 10.0. The van der Waals surface area contributed by atoms with E-state index in [9.17, 15) is 4.79 Å². The number of carbonyl (C=O) groups is 1. The van der Waals surface area contributed by atoms with Crippen LogP contribution in [-0.2, 0) is 6.61 Å². The van der Waals surface area contributed by atoms with Crippen LogP contribution >= 0.6 is 0 Å². The van der Waals surface area contributed by atoms with Crippen molar-refractivity contribution >= 4 is 11.9 Å². The van der Waals surface area contributed by atoms with Gasteiger partial charge in [0, 0.05) is 11.6 Å². The van der Waals surface area contributed by atoms with Crippen LogP contribution < -0.4 is 23.7 Å². The van der Waals surface area contributed by atoms with Crippen molar-refractivity contribution < 1.29 is 28.5 Å². The number of ether oxygens (including phenoxy) is 5. The topological polar surface area (TPSA) is 63.2 Å². The van der Waals surface area contributed by atoms with Crippen molar-refractivity contribution in [1.82, 2.24) is 0 Å². The average Bonchev–Trinajstić information content (AvgIpc) is 3.13. The molecule has 3 aromatic rings. The van der Waals surface area contributed by atoms with Crippen LogP contribution in [0.3, 0.4) is 0 Å². The van der Waals surface area contributed by atoms with E-state index in [0.29, 0.717) is 40.9 Å². The summed E-state index contributed by atoms with van der Waals surface area (Å²) in [6, 6.07) is 17.1. The first-order valence-corrected chi connectivity index (χ1v) is 10.1. The number of hydrogen-bond acceptors (Lipinski definition) is 6. The summed E-state index contributed by atoms with van der Waals surface area (Å²) in [4.78, 5) is 13.0. The molecule has 0 amide bonds. The van der Waals surface area contributed by atoms with Crippen molar-refractivity contribution in [3.05, 3.63) is 82.6 Å². The minimum atomic E-state index is -0.244. The zero-order chi connectivity index (χ0) is 22.7. The van der Waals surface area contributed by atoms with E-state index >= 15 is 0 Å². The highest BCUT2D eigenvalue weighted by Gasteiger charge is 2.33. The number of rotatable bonds is 7. The molecule has 1 aliphatic rings. The van der Waals surface area contributed by atoms with E-state index in [1.807, 2.05) is 49.4 Å². The smallest absolute Gasteiger partial charge is 0.235 e. The summed E-state index contributed by atoms with van der Waals surface area (Å²) in [5, 5.41) is 0. The van der Waals surface area contributed by atoms with E-state index in [4.69, 9.17) is 23.7 Å². The van der Waals surface area contributed by atoms with Gasteiger partial charge in [0.2, 0.25) is 5.78 Å². The molecule has 0 spiro atoms. The van der Waals surface area contributed by atoms with E-state index in [1.54, 1.807) is 32.4 Å². The first-order valence-electron chi connectivity index (χ1n) is 10.1. The number of allylic oxidation sites excluding steroid dienone is 1. The third-order valence-corrected chi connectivity index (χ3v) is 5.26. The van der Waals surface area contributed by atoms with Gasteiger partial charge in [-0.15, -0.1) is 0 Å². The number of benzene rings is 3. The highest BCUT2D eigenvalue weighted by atomic mass is 16.5. The molecule has 0 N–H and O–H groups in total. The van der Waals surface area contributed by atoms with Gasteiger partial charge in [0.15, 0.2) is 17.3 Å². The van der Waals surface area contributed by atoms with Gasteiger partial charge in [-0.1, -0.05) is 36.4 Å². The van der Waals surface area contributed by atoms with Gasteiger partial charge in [0.05, 0.1) is 21.3 Å². The predicted octanol–water partition coefficient (Wildman–Crippen LogP) is 5.22. The fourth-order valence-electron chi connectivity index (χ4n) is 3.64. The Hall–Kier alpha value is -3.93. The molecule has 32 heavy (non-hydrogen) atoms. The van der Waals surface area contributed by atoms with Gasteiger partial charge in [-0.3, -0.25) is 4.79 Å². The number of ketones is 1. The molecular formula is C26H24O6. The van der Waals surface area contributed by atoms with Crippen molar-refractivity contribution in [3.63, 3.8) is 0 Å². The van der Waals surface area contributed by atoms with Gasteiger partial charge in [-0.2, -0.15) is 0 Å². The highest BCUT2D eigenvalue weighted by molar-refractivity contribution is 6.16. The van der Waals surface area contributed by atoms with Gasteiger partial charge in [-0.25, -0.2) is 0 Å². The van der Waals surface area contributed by atoms with Crippen LogP contribution in [0, 0.1) is 6.92 Å². The fraction of sp³-hybridized carbons (Fsp3) is 0.192. The van der Waals surface area contributed by atoms with Crippen molar-refractivity contribution in [3.8, 4) is 28.7 Å². The molecule has 6 nitrogen and oxygen atoms in total. The Morgan fingerprint density at radius 1 is 0.875 bits per heavy atom. The van der Waals surface area contributed by atoms with Crippen LogP contribution in [0.2, 0.25) is 0 Å². The third kappa shape index (κ3) is 3.99. The molecular weight excluding hydrogens is 408 g/mol. The van der Waals surface area contributed by atoms with Crippen molar-refractivity contribution in [2.75, 3.05) is 21.3 Å². The van der Waals surface area contributed by atoms with E-state index in [-0.39, 0.29) is 11.5 Å². The fourth-order valence-corrected chi connectivity index (χ4v) is 3.64. The van der Waals surface area contributed by atoms with Crippen molar-refractivity contribution in [2.24, 2.45) is 0 Å². The zero-order valence-electron chi connectivity index (χ0n) is 18.4. The molecule has 0 saturated heterocycles. The predicted molar refractivity (Wildman–Crippen MR) is 121 cm³/mol. The standard InChI is InChI=1S/C26H24O6/c1-16-20(28-2)14-22-24(26(16)30-4)25(27)23(32-22)13-18-10-11-19(21(12-18)29-3)31-15-17-8-6-5-7-9-17/h5-14H,15H2,1-4H3/b23-13-. The summed E-state index contributed by atoms with van der Waals surface area (Å²) in [7, 11) is 4.67. The van der Waals surface area contributed by atoms with Crippen molar-refractivity contribution in [1.29, 1.82) is 0 Å². The minimum Gasteiger partial charge on any atom is -0.496 e. The Morgan fingerprint density at radius 2 is 1.62 bits per heavy atom. The summed E-state index contributed by atoms with van der Waals surface area (Å²) >= 11 is 0. The van der Waals surface area contributed by atoms with Crippen LogP contribution in [0.25, 0.3) is 6.08 Å². The van der Waals surface area contributed by atoms with E-state index in [2.05, 4.69) is 0 Å². The largest absolute Gasteiger partial charge is 0.496 e. The normalized spacial score (nSPS) is 13.5. The number of methoxy groups -OCH3 is 3. The monoisotopic (exact) mass is 432 g/mol. The molecule has 0 atom stereocenters. The number of fused-ring (bicyclic) bond motifs is 1. The molecule has 0 saturated carbocycles. The lowest BCUT2D eigenvalue weighted by molar-refractivity contribution is 0.101. The van der Waals surface area contributed by atoms with Gasteiger partial charge in [0.1, 0.15) is 29.4 Å². The second-order valence-electron chi connectivity index (χ2n) is 7.23. The molecule has 4 rings (SSSR count). The quantitative estimate of drug-likeness (QED) is 0.477. The first kappa shape index (κ1) is 21.3. The molecule has 0 radical (unpaired) electrons. The van der Waals surface area contributed by atoms with Gasteiger partial charge in [-0.05, 0) is 36.3 Å². The first-order chi connectivity index (χ1) is 15.5. The van der Waals surface area contributed by atoms with E-state index in [1.165, 1.54) is 7.11 Å². The Kier molecular flexibility index (Phi) is 6.03. The Bertz CT molecular complexity index is 1180. The molecule has 6 heteroatoms. The minimum absolute atomic E-state index is 0.200. The molecule has 0 aliphatic carbocycles. The Balaban J connectivity index is 1.60. The number of hydrogen-bond donors (Lipinski definition) is 0. The SMILES string of the molecule is COc1cc(/C=C2\Oc3cc(OC)c(C)c(OC)c3C2=O)ccc1OCc1ccccc1. The van der Waals surface area contributed by atoms with Crippen LogP contribution in [0.15, 0.2) is 60.4 Å². The second-order valence-corrected chi connectivity index (χ2v) is 7.23. The Morgan fingerprint density at radius 3 is 2.31 bits per heavy atom. The van der Waals surface area contributed by atoms with E-state index in [0.717, 1.165) is 16.7 Å². The highest BCUT2D eigenvalue weighted by Crippen LogP contribution is 2.44. The molecule has 1 aliphatic heterocycles. The van der Waals surface area contributed by atoms with Crippen LogP contribution in [0.1, 0.15) is 27.0 Å². The van der Waals surface area contributed by atoms with E-state index < -0.39 is 0 Å². The van der Waals surface area contributed by atoms with Gasteiger partial charge < -0.3 is 23.7 Å². The lowest BCUT2D eigenvalue weighted by Crippen LogP contribution is -2.02. The maximum absolute atomic E-state index is 13.0. The number of carbonyl (C=O) groups excluding carboxylic acids is 1. The molecule has 0 unspecified atom stereocenters. The maximum Gasteiger partial charge on any atom is 0.235 e. The summed E-state index contributed by atoms with van der Waals surface area (Å²) in [6.45, 7) is 2.27. The van der Waals surface area contributed by atoms with Crippen LogP contribution in [-0.4, -0.2) is 27.1 Å². The second kappa shape index (κ2) is 9.06. The summed E-state index contributed by atoms with van der Waals surface area (Å²) in [5.74, 6) is 2.59. The zero-order valence-corrected chi connectivity index (χ0v) is 18.4. The molecule has 0 aromatic heterocycles. The van der Waals surface area contributed by atoms with Gasteiger partial charge >= 0.3 is 0 Å². The molecule has 3 aromatic carbocycles. The van der Waals surface area contributed by atoms with Crippen LogP contribution in [0.5, 0.6) is 28.7 Å². The van der Waals surface area contributed by atoms with Crippen molar-refractivity contribution in [2.45, 2.75) is 13.5 Å². The molecule has 0 bridgehead atoms. The Labute approximate surface area is 186 Å². The van der Waals surface area contributed by atoms with Crippen LogP contribution in [0.4, 0.5) is 0 Å².